The fourth-order valence-corrected chi connectivity index (χ4v) is 6.72. The van der Waals surface area contributed by atoms with Crippen LogP contribution in [0.2, 0.25) is 0 Å². The number of hydrogen-bond acceptors (Lipinski definition) is 8. The second kappa shape index (κ2) is 8.85. The number of para-hydroxylation sites is 1. The van der Waals surface area contributed by atoms with Crippen LogP contribution in [0.3, 0.4) is 0 Å². The van der Waals surface area contributed by atoms with E-state index >= 15 is 0 Å². The minimum absolute atomic E-state index is 0.167. The van der Waals surface area contributed by atoms with Crippen molar-refractivity contribution in [1.82, 2.24) is 10.2 Å². The first-order valence-corrected chi connectivity index (χ1v) is 13.2. The van der Waals surface area contributed by atoms with E-state index < -0.39 is 15.8 Å². The van der Waals surface area contributed by atoms with Crippen molar-refractivity contribution in [2.75, 3.05) is 30.5 Å². The minimum Gasteiger partial charge on any atom is -0.381 e. The molecule has 2 aliphatic rings. The Kier molecular flexibility index (Phi) is 5.90. The quantitative estimate of drug-likeness (QED) is 0.584. The van der Waals surface area contributed by atoms with Gasteiger partial charge in [0.15, 0.2) is 0 Å². The highest BCUT2D eigenvalue weighted by molar-refractivity contribution is 7.92. The summed E-state index contributed by atoms with van der Waals surface area (Å²) in [7, 11) is -1.79. The number of nitrogens with one attached hydrogen (secondary N) is 1. The van der Waals surface area contributed by atoms with Crippen LogP contribution >= 0.6 is 11.3 Å². The van der Waals surface area contributed by atoms with E-state index in [0.717, 1.165) is 18.4 Å². The van der Waals surface area contributed by atoms with Gasteiger partial charge in [0.1, 0.15) is 5.51 Å². The van der Waals surface area contributed by atoms with E-state index in [1.165, 1.54) is 11.3 Å². The molecular formula is C23H24N4O4S2. The van der Waals surface area contributed by atoms with Crippen LogP contribution in [-0.4, -0.2) is 44.8 Å². The molecule has 172 valence electrons. The Balaban J connectivity index is 1.53. The van der Waals surface area contributed by atoms with Gasteiger partial charge in [-0.1, -0.05) is 29.5 Å². The number of sulfone groups is 1. The average molecular weight is 485 g/mol. The lowest BCUT2D eigenvalue weighted by molar-refractivity contribution is -0.118. The first kappa shape index (κ1) is 22.0. The summed E-state index contributed by atoms with van der Waals surface area (Å²) >= 11 is 1.26. The molecule has 0 bridgehead atoms. The van der Waals surface area contributed by atoms with E-state index in [9.17, 15) is 13.2 Å². The normalized spacial score (nSPS) is 18.3. The van der Waals surface area contributed by atoms with Crippen molar-refractivity contribution in [1.29, 1.82) is 0 Å². The van der Waals surface area contributed by atoms with Gasteiger partial charge in [-0.3, -0.25) is 10.1 Å². The number of carbonyl (C=O) groups excluding carboxylic acids is 1. The SMILES string of the molecule is CN1c2ccccc2S(=O)(=O)c2ccc(C(CC3CCOCC3)C(=O)Nc3nncs3)cc21. The zero-order chi connectivity index (χ0) is 23.0. The first-order valence-electron chi connectivity index (χ1n) is 10.8. The fourth-order valence-electron chi connectivity index (χ4n) is 4.58. The maximum Gasteiger partial charge on any atom is 0.233 e. The molecule has 1 amide bonds. The summed E-state index contributed by atoms with van der Waals surface area (Å²) in [6.07, 6.45) is 2.45. The topological polar surface area (TPSA) is 101 Å². The summed E-state index contributed by atoms with van der Waals surface area (Å²) in [6, 6.07) is 12.2. The van der Waals surface area contributed by atoms with Crippen molar-refractivity contribution in [2.24, 2.45) is 5.92 Å². The van der Waals surface area contributed by atoms with Gasteiger partial charge >= 0.3 is 0 Å². The molecule has 1 saturated heterocycles. The lowest BCUT2D eigenvalue weighted by atomic mass is 9.84. The van der Waals surface area contributed by atoms with E-state index in [0.29, 0.717) is 47.0 Å². The molecule has 0 spiro atoms. The van der Waals surface area contributed by atoms with Gasteiger partial charge in [0.2, 0.25) is 20.9 Å². The number of ether oxygens (including phenoxy) is 1. The Hall–Kier alpha value is -2.82. The number of rotatable bonds is 5. The van der Waals surface area contributed by atoms with Crippen LogP contribution in [0.5, 0.6) is 0 Å². The molecule has 0 aliphatic carbocycles. The van der Waals surface area contributed by atoms with Crippen LogP contribution in [0.4, 0.5) is 16.5 Å². The van der Waals surface area contributed by atoms with Crippen LogP contribution in [0, 0.1) is 5.92 Å². The third-order valence-corrected chi connectivity index (χ3v) is 8.82. The summed E-state index contributed by atoms with van der Waals surface area (Å²) in [5.41, 5.74) is 3.55. The molecule has 8 nitrogen and oxygen atoms in total. The third kappa shape index (κ3) is 4.14. The molecule has 5 rings (SSSR count). The molecule has 33 heavy (non-hydrogen) atoms. The fraction of sp³-hybridized carbons (Fsp3) is 0.348. The van der Waals surface area contributed by atoms with E-state index in [4.69, 9.17) is 4.74 Å². The molecule has 2 aliphatic heterocycles. The van der Waals surface area contributed by atoms with Crippen LogP contribution in [0.25, 0.3) is 0 Å². The Morgan fingerprint density at radius 1 is 1.18 bits per heavy atom. The Morgan fingerprint density at radius 2 is 1.94 bits per heavy atom. The van der Waals surface area contributed by atoms with Crippen molar-refractivity contribution in [3.05, 3.63) is 53.5 Å². The summed E-state index contributed by atoms with van der Waals surface area (Å²) in [4.78, 5) is 15.7. The predicted octanol–water partition coefficient (Wildman–Crippen LogP) is 3.99. The van der Waals surface area contributed by atoms with Crippen molar-refractivity contribution >= 4 is 43.6 Å². The average Bonchev–Trinajstić information content (AvgIpc) is 3.34. The smallest absolute Gasteiger partial charge is 0.233 e. The Labute approximate surface area is 196 Å². The molecular weight excluding hydrogens is 460 g/mol. The van der Waals surface area contributed by atoms with Gasteiger partial charge in [-0.05, 0) is 55.0 Å². The zero-order valence-corrected chi connectivity index (χ0v) is 19.7. The molecule has 1 unspecified atom stereocenters. The number of benzene rings is 2. The van der Waals surface area contributed by atoms with Crippen LogP contribution in [0.1, 0.15) is 30.7 Å². The van der Waals surface area contributed by atoms with E-state index in [2.05, 4.69) is 15.5 Å². The zero-order valence-electron chi connectivity index (χ0n) is 18.1. The van der Waals surface area contributed by atoms with Gasteiger partial charge in [-0.15, -0.1) is 10.2 Å². The standard InChI is InChI=1S/C23H24N4O4S2/c1-27-18-4-2-3-5-20(18)33(29,30)21-7-6-16(13-19(21)27)17(12-15-8-10-31-11-9-15)22(28)25-23-26-24-14-32-23/h2-7,13-15,17H,8-12H2,1H3,(H,25,26,28). The first-order chi connectivity index (χ1) is 15.9. The molecule has 1 N–H and O–H groups in total. The summed E-state index contributed by atoms with van der Waals surface area (Å²) in [6.45, 7) is 1.38. The number of fused-ring (bicyclic) bond motifs is 2. The summed E-state index contributed by atoms with van der Waals surface area (Å²) < 4.78 is 32.0. The van der Waals surface area contributed by atoms with Crippen molar-refractivity contribution < 1.29 is 17.9 Å². The highest BCUT2D eigenvalue weighted by Crippen LogP contribution is 2.44. The molecule has 10 heteroatoms. The van der Waals surface area contributed by atoms with Crippen molar-refractivity contribution in [3.63, 3.8) is 0 Å². The van der Waals surface area contributed by atoms with Crippen LogP contribution in [-0.2, 0) is 19.4 Å². The summed E-state index contributed by atoms with van der Waals surface area (Å²) in [5, 5.41) is 11.1. The van der Waals surface area contributed by atoms with Crippen LogP contribution in [0.15, 0.2) is 57.8 Å². The molecule has 1 atom stereocenters. The Morgan fingerprint density at radius 3 is 2.70 bits per heavy atom. The second-order valence-electron chi connectivity index (χ2n) is 8.33. The highest BCUT2D eigenvalue weighted by Gasteiger charge is 2.34. The number of anilines is 3. The van der Waals surface area contributed by atoms with Gasteiger partial charge in [-0.2, -0.15) is 0 Å². The van der Waals surface area contributed by atoms with Crippen molar-refractivity contribution in [3.8, 4) is 0 Å². The lowest BCUT2D eigenvalue weighted by Crippen LogP contribution is -2.27. The molecule has 1 aromatic heterocycles. The minimum atomic E-state index is -3.64. The number of nitrogens with zero attached hydrogens (tertiary/aromatic N) is 3. The van der Waals surface area contributed by atoms with Gasteiger partial charge in [0.25, 0.3) is 0 Å². The molecule has 0 saturated carbocycles. The predicted molar refractivity (Wildman–Crippen MR) is 126 cm³/mol. The molecule has 3 heterocycles. The second-order valence-corrected chi connectivity index (χ2v) is 11.1. The largest absolute Gasteiger partial charge is 0.381 e. The van der Waals surface area contributed by atoms with E-state index in [1.54, 1.807) is 35.8 Å². The highest BCUT2D eigenvalue weighted by atomic mass is 32.2. The van der Waals surface area contributed by atoms with Gasteiger partial charge in [-0.25, -0.2) is 8.42 Å². The molecule has 3 aromatic rings. The van der Waals surface area contributed by atoms with Crippen LogP contribution < -0.4 is 10.2 Å². The van der Waals surface area contributed by atoms with Crippen molar-refractivity contribution in [2.45, 2.75) is 35.0 Å². The van der Waals surface area contributed by atoms with Gasteiger partial charge < -0.3 is 9.64 Å². The third-order valence-electron chi connectivity index (χ3n) is 6.37. The molecule has 2 aromatic carbocycles. The number of carbonyl (C=O) groups is 1. The number of amides is 1. The van der Waals surface area contributed by atoms with Gasteiger partial charge in [0.05, 0.1) is 27.1 Å². The summed E-state index contributed by atoms with van der Waals surface area (Å²) in [5.74, 6) is -0.266. The van der Waals surface area contributed by atoms with Gasteiger partial charge in [0, 0.05) is 20.3 Å². The van der Waals surface area contributed by atoms with E-state index in [1.807, 2.05) is 24.1 Å². The van der Waals surface area contributed by atoms with E-state index in [-0.39, 0.29) is 10.8 Å². The lowest BCUT2D eigenvalue weighted by Gasteiger charge is -2.31. The maximum atomic E-state index is 13.3. The molecule has 1 fully saturated rings. The monoisotopic (exact) mass is 484 g/mol. The molecule has 0 radical (unpaired) electrons. The maximum absolute atomic E-state index is 13.3. The Bertz CT molecular complexity index is 1270. The number of aromatic nitrogens is 2. The number of hydrogen-bond donors (Lipinski definition) is 1.